The molecule has 0 fully saturated rings. The number of thiazole rings is 1. The Hall–Kier alpha value is -2.93. The van der Waals surface area contributed by atoms with Gasteiger partial charge in [-0.25, -0.2) is 4.98 Å². The number of hydrogen-bond donors (Lipinski definition) is 2. The Bertz CT molecular complexity index is 1050. The van der Waals surface area contributed by atoms with Crippen molar-refractivity contribution < 1.29 is 4.79 Å². The lowest BCUT2D eigenvalue weighted by atomic mass is 10.2. The molecule has 4 aromatic rings. The molecule has 0 aliphatic carbocycles. The minimum Gasteiger partial charge on any atom is -0.375 e. The number of nitrogens with one attached hydrogen (secondary N) is 1. The van der Waals surface area contributed by atoms with Gasteiger partial charge in [0.15, 0.2) is 5.13 Å². The second-order valence-electron chi connectivity index (χ2n) is 5.23. The first-order valence-electron chi connectivity index (χ1n) is 6.99. The van der Waals surface area contributed by atoms with Gasteiger partial charge in [0.2, 0.25) is 0 Å². The number of nitrogens with two attached hydrogens (primary N) is 1. The van der Waals surface area contributed by atoms with Gasteiger partial charge in [-0.3, -0.25) is 9.48 Å². The lowest BCUT2D eigenvalue weighted by Gasteiger charge is -2.06. The van der Waals surface area contributed by atoms with E-state index in [-0.39, 0.29) is 5.91 Å². The number of anilines is 2. The Morgan fingerprint density at radius 1 is 1.26 bits per heavy atom. The zero-order valence-corrected chi connectivity index (χ0v) is 13.1. The standard InChI is InChI=1S/C16H13N5OS/c1-21-13-7-11(4-2-10(13)8-18-21)19-15(22)9-3-5-12-14(6-9)23-16(17)20-12/h2-8H,1H3,(H2,17,20)(H,19,22). The summed E-state index contributed by atoms with van der Waals surface area (Å²) in [6.45, 7) is 0. The normalized spacial score (nSPS) is 11.2. The summed E-state index contributed by atoms with van der Waals surface area (Å²) in [7, 11) is 1.87. The molecule has 0 aliphatic heterocycles. The molecule has 0 aliphatic rings. The molecular formula is C16H13N5OS. The molecule has 0 saturated heterocycles. The van der Waals surface area contributed by atoms with Crippen LogP contribution in [0.25, 0.3) is 21.1 Å². The van der Waals surface area contributed by atoms with Crippen LogP contribution in [0.3, 0.4) is 0 Å². The monoisotopic (exact) mass is 323 g/mol. The van der Waals surface area contributed by atoms with Gasteiger partial charge in [0.25, 0.3) is 5.91 Å². The Kier molecular flexibility index (Phi) is 3.02. The van der Waals surface area contributed by atoms with Gasteiger partial charge in [0, 0.05) is 23.7 Å². The summed E-state index contributed by atoms with van der Waals surface area (Å²) in [6, 6.07) is 11.1. The van der Waals surface area contributed by atoms with Crippen LogP contribution < -0.4 is 11.1 Å². The zero-order valence-electron chi connectivity index (χ0n) is 12.3. The molecule has 4 rings (SSSR count). The summed E-state index contributed by atoms with van der Waals surface area (Å²) in [5.74, 6) is -0.166. The smallest absolute Gasteiger partial charge is 0.255 e. The van der Waals surface area contributed by atoms with Crippen molar-refractivity contribution in [1.29, 1.82) is 0 Å². The first-order chi connectivity index (χ1) is 11.1. The predicted molar refractivity (Wildman–Crippen MR) is 92.7 cm³/mol. The van der Waals surface area contributed by atoms with Crippen molar-refractivity contribution in [2.24, 2.45) is 7.05 Å². The van der Waals surface area contributed by atoms with Crippen molar-refractivity contribution in [2.75, 3.05) is 11.1 Å². The van der Waals surface area contributed by atoms with Crippen molar-refractivity contribution in [3.8, 4) is 0 Å². The quantitative estimate of drug-likeness (QED) is 0.594. The largest absolute Gasteiger partial charge is 0.375 e. The van der Waals surface area contributed by atoms with E-state index >= 15 is 0 Å². The number of nitrogen functional groups attached to an aromatic ring is 1. The Labute approximate surface area is 135 Å². The number of carbonyl (C=O) groups is 1. The lowest BCUT2D eigenvalue weighted by Crippen LogP contribution is -2.11. The van der Waals surface area contributed by atoms with Crippen molar-refractivity contribution in [2.45, 2.75) is 0 Å². The van der Waals surface area contributed by atoms with Gasteiger partial charge < -0.3 is 11.1 Å². The van der Waals surface area contributed by atoms with Crippen LogP contribution >= 0.6 is 11.3 Å². The molecular weight excluding hydrogens is 310 g/mol. The summed E-state index contributed by atoms with van der Waals surface area (Å²) in [5.41, 5.74) is 8.77. The van der Waals surface area contributed by atoms with E-state index in [2.05, 4.69) is 15.4 Å². The minimum atomic E-state index is -0.166. The van der Waals surface area contributed by atoms with E-state index in [0.29, 0.717) is 10.7 Å². The zero-order chi connectivity index (χ0) is 16.0. The maximum atomic E-state index is 12.4. The molecule has 1 amide bonds. The number of aryl methyl sites for hydroxylation is 1. The van der Waals surface area contributed by atoms with Gasteiger partial charge in [0.05, 0.1) is 21.9 Å². The van der Waals surface area contributed by atoms with Crippen LogP contribution in [-0.2, 0) is 7.05 Å². The van der Waals surface area contributed by atoms with Crippen LogP contribution in [0, 0.1) is 0 Å². The van der Waals surface area contributed by atoms with Crippen molar-refractivity contribution >= 4 is 49.2 Å². The topological polar surface area (TPSA) is 85.8 Å². The van der Waals surface area contributed by atoms with E-state index in [1.165, 1.54) is 11.3 Å². The SMILES string of the molecule is Cn1ncc2ccc(NC(=O)c3ccc4nc(N)sc4c3)cc21. The molecule has 7 heteroatoms. The molecule has 0 bridgehead atoms. The number of fused-ring (bicyclic) bond motifs is 2. The van der Waals surface area contributed by atoms with Gasteiger partial charge in [-0.2, -0.15) is 5.10 Å². The van der Waals surface area contributed by atoms with Gasteiger partial charge >= 0.3 is 0 Å². The highest BCUT2D eigenvalue weighted by Gasteiger charge is 2.10. The third kappa shape index (κ3) is 2.40. The molecule has 0 atom stereocenters. The number of aromatic nitrogens is 3. The molecule has 3 N–H and O–H groups in total. The van der Waals surface area contributed by atoms with Crippen LogP contribution in [0.15, 0.2) is 42.6 Å². The highest BCUT2D eigenvalue weighted by atomic mass is 32.1. The van der Waals surface area contributed by atoms with Gasteiger partial charge in [-0.1, -0.05) is 11.3 Å². The number of amides is 1. The Morgan fingerprint density at radius 2 is 2.13 bits per heavy atom. The number of rotatable bonds is 2. The molecule has 0 unspecified atom stereocenters. The Balaban J connectivity index is 1.65. The third-order valence-corrected chi connectivity index (χ3v) is 4.52. The fourth-order valence-electron chi connectivity index (χ4n) is 2.51. The highest BCUT2D eigenvalue weighted by Crippen LogP contribution is 2.25. The van der Waals surface area contributed by atoms with Crippen molar-refractivity contribution in [3.05, 3.63) is 48.2 Å². The average Bonchev–Trinajstić information content (AvgIpc) is 3.08. The van der Waals surface area contributed by atoms with Gasteiger partial charge in [-0.05, 0) is 36.4 Å². The molecule has 114 valence electrons. The summed E-state index contributed by atoms with van der Waals surface area (Å²) in [5, 5.41) is 8.64. The van der Waals surface area contributed by atoms with Crippen LogP contribution in [0.1, 0.15) is 10.4 Å². The van der Waals surface area contributed by atoms with Crippen molar-refractivity contribution in [3.63, 3.8) is 0 Å². The number of carbonyl (C=O) groups excluding carboxylic acids is 1. The molecule has 6 nitrogen and oxygen atoms in total. The highest BCUT2D eigenvalue weighted by molar-refractivity contribution is 7.22. The molecule has 0 radical (unpaired) electrons. The van der Waals surface area contributed by atoms with Gasteiger partial charge in [-0.15, -0.1) is 0 Å². The van der Waals surface area contributed by atoms with Crippen LogP contribution in [0.4, 0.5) is 10.8 Å². The molecule has 2 aromatic carbocycles. The molecule has 2 heterocycles. The van der Waals surface area contributed by atoms with E-state index in [1.807, 2.05) is 25.2 Å². The van der Waals surface area contributed by atoms with Crippen LogP contribution in [-0.4, -0.2) is 20.7 Å². The summed E-state index contributed by atoms with van der Waals surface area (Å²) in [4.78, 5) is 16.6. The fourth-order valence-corrected chi connectivity index (χ4v) is 3.28. The summed E-state index contributed by atoms with van der Waals surface area (Å²) >= 11 is 1.37. The van der Waals surface area contributed by atoms with E-state index in [1.54, 1.807) is 29.1 Å². The summed E-state index contributed by atoms with van der Waals surface area (Å²) in [6.07, 6.45) is 1.79. The molecule has 2 aromatic heterocycles. The number of benzene rings is 2. The first kappa shape index (κ1) is 13.7. The van der Waals surface area contributed by atoms with Crippen LogP contribution in [0.5, 0.6) is 0 Å². The second-order valence-corrected chi connectivity index (χ2v) is 6.29. The van der Waals surface area contributed by atoms with E-state index in [4.69, 9.17) is 5.73 Å². The number of nitrogens with zero attached hydrogens (tertiary/aromatic N) is 3. The average molecular weight is 323 g/mol. The van der Waals surface area contributed by atoms with E-state index < -0.39 is 0 Å². The van der Waals surface area contributed by atoms with E-state index in [0.717, 1.165) is 26.8 Å². The van der Waals surface area contributed by atoms with Gasteiger partial charge in [0.1, 0.15) is 0 Å². The first-order valence-corrected chi connectivity index (χ1v) is 7.81. The molecule has 23 heavy (non-hydrogen) atoms. The van der Waals surface area contributed by atoms with E-state index in [9.17, 15) is 4.79 Å². The molecule has 0 spiro atoms. The maximum absolute atomic E-state index is 12.4. The molecule has 0 saturated carbocycles. The third-order valence-electron chi connectivity index (χ3n) is 3.67. The summed E-state index contributed by atoms with van der Waals surface area (Å²) < 4.78 is 2.68. The van der Waals surface area contributed by atoms with Crippen LogP contribution in [0.2, 0.25) is 0 Å². The lowest BCUT2D eigenvalue weighted by molar-refractivity contribution is 0.102. The fraction of sp³-hybridized carbons (Fsp3) is 0.0625. The van der Waals surface area contributed by atoms with Crippen molar-refractivity contribution in [1.82, 2.24) is 14.8 Å². The second kappa shape index (κ2) is 5.06. The Morgan fingerprint density at radius 3 is 3.00 bits per heavy atom. The minimum absolute atomic E-state index is 0.166. The predicted octanol–water partition coefficient (Wildman–Crippen LogP) is 3.02. The maximum Gasteiger partial charge on any atom is 0.255 e. The number of hydrogen-bond acceptors (Lipinski definition) is 5.